The Morgan fingerprint density at radius 3 is 2.56 bits per heavy atom. The van der Waals surface area contributed by atoms with Crippen molar-refractivity contribution in [1.82, 2.24) is 0 Å². The third-order valence-corrected chi connectivity index (χ3v) is 9.65. The zero-order valence-corrected chi connectivity index (χ0v) is 17.8. The smallest absolute Gasteiger partial charge is 0.0793 e. The van der Waals surface area contributed by atoms with Gasteiger partial charge in [0.05, 0.1) is 12.2 Å². The summed E-state index contributed by atoms with van der Waals surface area (Å²) in [6, 6.07) is 0. The van der Waals surface area contributed by atoms with Crippen LogP contribution in [0.25, 0.3) is 0 Å². The van der Waals surface area contributed by atoms with Crippen LogP contribution in [0.1, 0.15) is 79.1 Å². The van der Waals surface area contributed by atoms with Crippen LogP contribution in [0.5, 0.6) is 0 Å². The van der Waals surface area contributed by atoms with Crippen molar-refractivity contribution in [3.63, 3.8) is 0 Å². The summed E-state index contributed by atoms with van der Waals surface area (Å²) in [5.41, 5.74) is 5.62. The summed E-state index contributed by atoms with van der Waals surface area (Å²) in [7, 11) is 0. The highest BCUT2D eigenvalue weighted by Gasteiger charge is 2.59. The lowest BCUT2D eigenvalue weighted by Gasteiger charge is -2.59. The molecule has 0 aromatic heterocycles. The molecule has 27 heavy (non-hydrogen) atoms. The van der Waals surface area contributed by atoms with Crippen LogP contribution in [0.15, 0.2) is 22.8 Å². The summed E-state index contributed by atoms with van der Waals surface area (Å²) in [5.74, 6) is 3.02. The highest BCUT2D eigenvalue weighted by molar-refractivity contribution is 5.36. The molecule has 3 fully saturated rings. The summed E-state index contributed by atoms with van der Waals surface area (Å²) >= 11 is 0. The Kier molecular flexibility index (Phi) is 4.23. The molecule has 8 atom stereocenters. The molecule has 0 radical (unpaired) electrons. The first-order chi connectivity index (χ1) is 12.8. The van der Waals surface area contributed by atoms with Crippen molar-refractivity contribution in [2.75, 3.05) is 6.61 Å². The van der Waals surface area contributed by atoms with E-state index >= 15 is 0 Å². The lowest BCUT2D eigenvalue weighted by Crippen LogP contribution is -2.52. The molecule has 2 saturated carbocycles. The van der Waals surface area contributed by atoms with Crippen LogP contribution in [0.3, 0.4) is 0 Å². The fourth-order valence-electron chi connectivity index (χ4n) is 8.41. The molecular weight excluding hydrogens is 332 g/mol. The molecule has 2 heteroatoms. The standard InChI is InChI=1S/C25H38O2/c1-15-12-17-14-18(26)7-9-24(17,3)19-8-10-25(4)20(22(15)19)13-16(2)23(25)21-6-5-11-27-21/h12,15,18-22,26H,5-11,13-14H2,1-4H3/t15-,18-,19-,20-,21?,22+,24-,25-/m0/s1. The number of allylic oxidation sites excluding steroid dienone is 2. The third-order valence-electron chi connectivity index (χ3n) is 9.65. The molecule has 1 saturated heterocycles. The number of fused-ring (bicyclic) bond motifs is 5. The summed E-state index contributed by atoms with van der Waals surface area (Å²) in [6.07, 6.45) is 12.4. The molecule has 5 rings (SSSR count). The molecule has 1 heterocycles. The van der Waals surface area contributed by atoms with Crippen LogP contribution in [0.4, 0.5) is 0 Å². The maximum Gasteiger partial charge on any atom is 0.0793 e. The van der Waals surface area contributed by atoms with Crippen LogP contribution < -0.4 is 0 Å². The molecule has 0 amide bonds. The molecule has 0 spiro atoms. The van der Waals surface area contributed by atoms with E-state index in [0.717, 1.165) is 37.2 Å². The van der Waals surface area contributed by atoms with Gasteiger partial charge in [0.25, 0.3) is 0 Å². The van der Waals surface area contributed by atoms with Gasteiger partial charge in [-0.25, -0.2) is 0 Å². The van der Waals surface area contributed by atoms with Gasteiger partial charge in [0.1, 0.15) is 0 Å². The molecule has 0 bridgehead atoms. The maximum atomic E-state index is 10.3. The van der Waals surface area contributed by atoms with E-state index in [2.05, 4.69) is 33.8 Å². The maximum absolute atomic E-state index is 10.3. The van der Waals surface area contributed by atoms with Crippen molar-refractivity contribution in [2.24, 2.45) is 34.5 Å². The summed E-state index contributed by atoms with van der Waals surface area (Å²) in [6.45, 7) is 10.9. The molecule has 2 nitrogen and oxygen atoms in total. The lowest BCUT2D eigenvalue weighted by molar-refractivity contribution is -0.0532. The van der Waals surface area contributed by atoms with Gasteiger partial charge in [-0.1, -0.05) is 38.0 Å². The SMILES string of the molecule is CC1=C(C2CCCO2)[C@@]2(C)CC[C@H]3[C@@H]([C@@H](C)C=C4C[C@@H](O)CC[C@@]43C)[C@@H]2C1. The van der Waals surface area contributed by atoms with Crippen LogP contribution in [0, 0.1) is 34.5 Å². The summed E-state index contributed by atoms with van der Waals surface area (Å²) in [4.78, 5) is 0. The summed E-state index contributed by atoms with van der Waals surface area (Å²) < 4.78 is 6.20. The molecule has 5 aliphatic rings. The Hall–Kier alpha value is -0.600. The third kappa shape index (κ3) is 2.51. The van der Waals surface area contributed by atoms with E-state index in [-0.39, 0.29) is 6.10 Å². The normalized spacial score (nSPS) is 52.3. The first kappa shape index (κ1) is 18.4. The molecule has 0 aromatic carbocycles. The molecule has 150 valence electrons. The van der Waals surface area contributed by atoms with E-state index in [0.29, 0.717) is 22.9 Å². The Morgan fingerprint density at radius 1 is 1.04 bits per heavy atom. The Labute approximate surface area is 165 Å². The van der Waals surface area contributed by atoms with E-state index in [4.69, 9.17) is 4.74 Å². The van der Waals surface area contributed by atoms with Gasteiger partial charge in [0.2, 0.25) is 0 Å². The number of aliphatic hydroxyl groups excluding tert-OH is 1. The average Bonchev–Trinajstić information content (AvgIpc) is 3.21. The number of rotatable bonds is 1. The lowest BCUT2D eigenvalue weighted by atomic mass is 9.45. The fourth-order valence-corrected chi connectivity index (χ4v) is 8.41. The molecule has 1 aliphatic heterocycles. The highest BCUT2D eigenvalue weighted by Crippen LogP contribution is 2.67. The Morgan fingerprint density at radius 2 is 1.81 bits per heavy atom. The second kappa shape index (κ2) is 6.20. The van der Waals surface area contributed by atoms with Crippen molar-refractivity contribution in [3.8, 4) is 0 Å². The topological polar surface area (TPSA) is 29.5 Å². The minimum Gasteiger partial charge on any atom is -0.393 e. The van der Waals surface area contributed by atoms with E-state index in [1.807, 2.05) is 0 Å². The molecule has 1 unspecified atom stereocenters. The zero-order chi connectivity index (χ0) is 19.0. The van der Waals surface area contributed by atoms with Crippen LogP contribution >= 0.6 is 0 Å². The van der Waals surface area contributed by atoms with Crippen molar-refractivity contribution >= 4 is 0 Å². The first-order valence-corrected chi connectivity index (χ1v) is 11.6. The molecule has 4 aliphatic carbocycles. The molecule has 0 aromatic rings. The number of hydrogen-bond donors (Lipinski definition) is 1. The second-order valence-corrected chi connectivity index (χ2v) is 11.0. The highest BCUT2D eigenvalue weighted by atomic mass is 16.5. The summed E-state index contributed by atoms with van der Waals surface area (Å²) in [5, 5.41) is 10.3. The average molecular weight is 371 g/mol. The van der Waals surface area contributed by atoms with Gasteiger partial charge in [0.15, 0.2) is 0 Å². The van der Waals surface area contributed by atoms with Gasteiger partial charge in [-0.15, -0.1) is 0 Å². The predicted octanol–water partition coefficient (Wildman–Crippen LogP) is 5.66. The number of hydrogen-bond acceptors (Lipinski definition) is 2. The molecule has 1 N–H and O–H groups in total. The number of ether oxygens (including phenoxy) is 1. The number of aliphatic hydroxyl groups is 1. The minimum absolute atomic E-state index is 0.108. The van der Waals surface area contributed by atoms with Crippen LogP contribution in [0.2, 0.25) is 0 Å². The fraction of sp³-hybridized carbons (Fsp3) is 0.840. The first-order valence-electron chi connectivity index (χ1n) is 11.6. The Balaban J connectivity index is 1.51. The van der Waals surface area contributed by atoms with Crippen molar-refractivity contribution in [1.29, 1.82) is 0 Å². The van der Waals surface area contributed by atoms with Crippen LogP contribution in [-0.2, 0) is 4.74 Å². The van der Waals surface area contributed by atoms with E-state index in [1.54, 1.807) is 16.7 Å². The van der Waals surface area contributed by atoms with Crippen molar-refractivity contribution in [2.45, 2.75) is 91.3 Å². The minimum atomic E-state index is -0.108. The van der Waals surface area contributed by atoms with Gasteiger partial charge >= 0.3 is 0 Å². The van der Waals surface area contributed by atoms with Gasteiger partial charge < -0.3 is 9.84 Å². The van der Waals surface area contributed by atoms with Gasteiger partial charge in [-0.3, -0.25) is 0 Å². The van der Waals surface area contributed by atoms with Gasteiger partial charge in [0, 0.05) is 6.61 Å². The van der Waals surface area contributed by atoms with Crippen molar-refractivity contribution in [3.05, 3.63) is 22.8 Å². The predicted molar refractivity (Wildman–Crippen MR) is 109 cm³/mol. The second-order valence-electron chi connectivity index (χ2n) is 11.0. The Bertz CT molecular complexity index is 684. The van der Waals surface area contributed by atoms with Crippen LogP contribution in [-0.4, -0.2) is 23.9 Å². The monoisotopic (exact) mass is 370 g/mol. The van der Waals surface area contributed by atoms with Gasteiger partial charge in [-0.05, 0) is 98.4 Å². The van der Waals surface area contributed by atoms with Gasteiger partial charge in [-0.2, -0.15) is 0 Å². The zero-order valence-electron chi connectivity index (χ0n) is 17.8. The van der Waals surface area contributed by atoms with E-state index in [9.17, 15) is 5.11 Å². The molecular formula is C25H38O2. The van der Waals surface area contributed by atoms with E-state index in [1.165, 1.54) is 38.5 Å². The van der Waals surface area contributed by atoms with E-state index < -0.39 is 0 Å². The largest absolute Gasteiger partial charge is 0.393 e. The quantitative estimate of drug-likeness (QED) is 0.603. The van der Waals surface area contributed by atoms with Crippen molar-refractivity contribution < 1.29 is 9.84 Å².